The normalized spacial score (nSPS) is 11.1. The third-order valence-corrected chi connectivity index (χ3v) is 5.75. The lowest BCUT2D eigenvalue weighted by Gasteiger charge is -2.16. The Balaban J connectivity index is 1.85. The van der Waals surface area contributed by atoms with Gasteiger partial charge in [0.25, 0.3) is 5.56 Å². The van der Waals surface area contributed by atoms with E-state index in [2.05, 4.69) is 20.2 Å². The maximum Gasteiger partial charge on any atom is 0.363 e. The molecule has 1 N–H and O–H groups in total. The van der Waals surface area contributed by atoms with Gasteiger partial charge in [-0.25, -0.2) is 24.5 Å². The van der Waals surface area contributed by atoms with Crippen molar-refractivity contribution in [1.29, 1.82) is 0 Å². The van der Waals surface area contributed by atoms with E-state index in [0.29, 0.717) is 27.3 Å². The van der Waals surface area contributed by atoms with E-state index in [-0.39, 0.29) is 23.8 Å². The first kappa shape index (κ1) is 21.6. The van der Waals surface area contributed by atoms with Gasteiger partial charge in [0.1, 0.15) is 0 Å². The second-order valence-electron chi connectivity index (χ2n) is 7.73. The topological polar surface area (TPSA) is 107 Å². The van der Waals surface area contributed by atoms with Gasteiger partial charge in [0.2, 0.25) is 0 Å². The van der Waals surface area contributed by atoms with Crippen molar-refractivity contribution < 1.29 is 4.74 Å². The fraction of sp³-hybridized carbons (Fsp3) is 0.125. The highest BCUT2D eigenvalue weighted by molar-refractivity contribution is 6.30. The van der Waals surface area contributed by atoms with E-state index in [1.54, 1.807) is 24.3 Å². The van der Waals surface area contributed by atoms with Gasteiger partial charge in [-0.3, -0.25) is 4.79 Å². The summed E-state index contributed by atoms with van der Waals surface area (Å²) < 4.78 is 7.69. The number of nitrogens with zero attached hydrogens (tertiary/aromatic N) is 5. The summed E-state index contributed by atoms with van der Waals surface area (Å²) in [6, 6.07) is 14.9. The monoisotopic (exact) mass is 474 g/mol. The molecule has 0 aliphatic rings. The van der Waals surface area contributed by atoms with Gasteiger partial charge in [-0.2, -0.15) is 9.61 Å². The predicted octanol–water partition coefficient (Wildman–Crippen LogP) is 3.33. The smallest absolute Gasteiger partial charge is 0.363 e. The summed E-state index contributed by atoms with van der Waals surface area (Å²) in [5.41, 5.74) is 3.24. The highest BCUT2D eigenvalue weighted by Crippen LogP contribution is 2.32. The zero-order valence-electron chi connectivity index (χ0n) is 18.3. The third kappa shape index (κ3) is 3.75. The van der Waals surface area contributed by atoms with Gasteiger partial charge in [-0.1, -0.05) is 53.6 Å². The van der Waals surface area contributed by atoms with Crippen LogP contribution in [0.1, 0.15) is 11.1 Å². The van der Waals surface area contributed by atoms with Crippen LogP contribution in [0.5, 0.6) is 6.01 Å². The SMILES string of the molecule is COc1ncc(-c2c(-c3ccc(Cl)cc3)c(=O)n(Cc3ccc(C)cc3)n3c(=O)[nH]nc23)cn1. The van der Waals surface area contributed by atoms with Crippen molar-refractivity contribution in [1.82, 2.24) is 29.4 Å². The summed E-state index contributed by atoms with van der Waals surface area (Å²) in [4.78, 5) is 35.1. The summed E-state index contributed by atoms with van der Waals surface area (Å²) in [6.07, 6.45) is 3.06. The maximum absolute atomic E-state index is 14.0. The van der Waals surface area contributed by atoms with Crippen molar-refractivity contribution in [3.8, 4) is 28.3 Å². The molecular formula is C24H19ClN6O3. The molecule has 5 aromatic rings. The van der Waals surface area contributed by atoms with Gasteiger partial charge in [0.15, 0.2) is 5.65 Å². The molecule has 9 nitrogen and oxygen atoms in total. The molecule has 0 unspecified atom stereocenters. The minimum atomic E-state index is -0.530. The fourth-order valence-corrected chi connectivity index (χ4v) is 3.96. The first-order chi connectivity index (χ1) is 16.5. The molecule has 0 radical (unpaired) electrons. The molecular weight excluding hydrogens is 456 g/mol. The number of methoxy groups -OCH3 is 1. The van der Waals surface area contributed by atoms with Crippen LogP contribution >= 0.6 is 11.6 Å². The Morgan fingerprint density at radius 3 is 2.26 bits per heavy atom. The van der Waals surface area contributed by atoms with E-state index < -0.39 is 5.69 Å². The van der Waals surface area contributed by atoms with Gasteiger partial charge >= 0.3 is 11.7 Å². The summed E-state index contributed by atoms with van der Waals surface area (Å²) in [7, 11) is 1.46. The van der Waals surface area contributed by atoms with Crippen molar-refractivity contribution in [2.24, 2.45) is 0 Å². The number of hydrogen-bond donors (Lipinski definition) is 1. The first-order valence-corrected chi connectivity index (χ1v) is 10.8. The van der Waals surface area contributed by atoms with E-state index in [4.69, 9.17) is 16.3 Å². The zero-order valence-corrected chi connectivity index (χ0v) is 19.1. The second kappa shape index (κ2) is 8.60. The van der Waals surface area contributed by atoms with Gasteiger partial charge in [-0.15, -0.1) is 0 Å². The van der Waals surface area contributed by atoms with Gasteiger partial charge in [0, 0.05) is 28.5 Å². The van der Waals surface area contributed by atoms with E-state index >= 15 is 0 Å². The largest absolute Gasteiger partial charge is 0.467 e. The molecule has 0 spiro atoms. The summed E-state index contributed by atoms with van der Waals surface area (Å²) in [6.45, 7) is 2.16. The van der Waals surface area contributed by atoms with Crippen LogP contribution in [0.25, 0.3) is 27.9 Å². The molecule has 0 aliphatic carbocycles. The Bertz CT molecular complexity index is 1600. The van der Waals surface area contributed by atoms with Gasteiger partial charge < -0.3 is 4.74 Å². The molecule has 0 fully saturated rings. The number of aryl methyl sites for hydroxylation is 1. The zero-order chi connectivity index (χ0) is 23.8. The van der Waals surface area contributed by atoms with E-state index in [1.165, 1.54) is 28.7 Å². The number of ether oxygens (including phenoxy) is 1. The lowest BCUT2D eigenvalue weighted by molar-refractivity contribution is 0.380. The Labute approximate surface area is 198 Å². The quantitative estimate of drug-likeness (QED) is 0.418. The molecule has 5 rings (SSSR count). The van der Waals surface area contributed by atoms with Crippen LogP contribution in [0.2, 0.25) is 5.02 Å². The Hall–Kier alpha value is -4.24. The number of rotatable bonds is 5. The molecule has 0 atom stereocenters. The number of halogens is 1. The predicted molar refractivity (Wildman–Crippen MR) is 128 cm³/mol. The minimum Gasteiger partial charge on any atom is -0.467 e. The summed E-state index contributed by atoms with van der Waals surface area (Å²) >= 11 is 6.10. The molecule has 0 bridgehead atoms. The number of H-pyrrole nitrogens is 1. The molecule has 3 aromatic heterocycles. The van der Waals surface area contributed by atoms with Crippen LogP contribution < -0.4 is 16.0 Å². The average molecular weight is 475 g/mol. The van der Waals surface area contributed by atoms with Gasteiger partial charge in [-0.05, 0) is 30.2 Å². The first-order valence-electron chi connectivity index (χ1n) is 10.4. The second-order valence-corrected chi connectivity index (χ2v) is 8.16. The van der Waals surface area contributed by atoms with Crippen LogP contribution in [0.3, 0.4) is 0 Å². The molecule has 0 saturated carbocycles. The summed E-state index contributed by atoms with van der Waals surface area (Å²) in [5.74, 6) is 0. The number of aromatic amines is 1. The lowest BCUT2D eigenvalue weighted by atomic mass is 9.98. The van der Waals surface area contributed by atoms with Crippen molar-refractivity contribution in [2.75, 3.05) is 7.11 Å². The highest BCUT2D eigenvalue weighted by Gasteiger charge is 2.23. The summed E-state index contributed by atoms with van der Waals surface area (Å²) in [5, 5.41) is 7.26. The number of fused-ring (bicyclic) bond motifs is 1. The van der Waals surface area contributed by atoms with Crippen LogP contribution in [0.15, 0.2) is 70.5 Å². The van der Waals surface area contributed by atoms with Gasteiger partial charge in [0.05, 0.1) is 19.2 Å². The van der Waals surface area contributed by atoms with Crippen LogP contribution in [0, 0.1) is 6.92 Å². The van der Waals surface area contributed by atoms with Crippen molar-refractivity contribution >= 4 is 17.2 Å². The van der Waals surface area contributed by atoms with Crippen molar-refractivity contribution in [3.63, 3.8) is 0 Å². The number of hydrogen-bond acceptors (Lipinski definition) is 6. The molecule has 170 valence electrons. The Morgan fingerprint density at radius 1 is 0.941 bits per heavy atom. The Morgan fingerprint density at radius 2 is 1.62 bits per heavy atom. The van der Waals surface area contributed by atoms with Crippen molar-refractivity contribution in [2.45, 2.75) is 13.5 Å². The number of benzene rings is 2. The van der Waals surface area contributed by atoms with E-state index in [1.807, 2.05) is 31.2 Å². The van der Waals surface area contributed by atoms with Crippen LogP contribution in [0.4, 0.5) is 0 Å². The molecule has 0 saturated heterocycles. The standard InChI is InChI=1S/C24H19ClN6O3/c1-14-3-5-15(6-4-14)13-30-22(32)20(16-7-9-18(25)10-8-16)19(21-28-29-24(33)31(21)30)17-11-26-23(34-2)27-12-17/h3-12H,13H2,1-2H3,(H,29,33). The Kier molecular flexibility index (Phi) is 5.46. The lowest BCUT2D eigenvalue weighted by Crippen LogP contribution is -2.33. The molecule has 3 heterocycles. The highest BCUT2D eigenvalue weighted by atomic mass is 35.5. The van der Waals surface area contributed by atoms with E-state index in [9.17, 15) is 9.59 Å². The van der Waals surface area contributed by atoms with Crippen LogP contribution in [-0.4, -0.2) is 36.5 Å². The number of nitrogens with one attached hydrogen (secondary N) is 1. The fourth-order valence-electron chi connectivity index (χ4n) is 3.83. The molecule has 2 aromatic carbocycles. The average Bonchev–Trinajstić information content (AvgIpc) is 3.23. The maximum atomic E-state index is 14.0. The molecule has 34 heavy (non-hydrogen) atoms. The molecule has 0 aliphatic heterocycles. The minimum absolute atomic E-state index is 0.176. The van der Waals surface area contributed by atoms with E-state index in [0.717, 1.165) is 11.1 Å². The van der Waals surface area contributed by atoms with Crippen molar-refractivity contribution in [3.05, 3.63) is 97.9 Å². The molecule has 10 heteroatoms. The molecule has 0 amide bonds. The van der Waals surface area contributed by atoms with Crippen LogP contribution in [-0.2, 0) is 6.54 Å². The number of aromatic nitrogens is 6. The third-order valence-electron chi connectivity index (χ3n) is 5.50.